The fourth-order valence-electron chi connectivity index (χ4n) is 1.48. The van der Waals surface area contributed by atoms with E-state index >= 15 is 0 Å². The molecule has 0 aliphatic heterocycles. The molecule has 0 radical (unpaired) electrons. The van der Waals surface area contributed by atoms with E-state index in [0.717, 1.165) is 23.2 Å². The van der Waals surface area contributed by atoms with Gasteiger partial charge in [0.1, 0.15) is 0 Å². The van der Waals surface area contributed by atoms with E-state index in [-0.39, 0.29) is 0 Å². The minimum atomic E-state index is 0.663. The summed E-state index contributed by atoms with van der Waals surface area (Å²) < 4.78 is 5.11. The third-order valence-electron chi connectivity index (χ3n) is 2.36. The van der Waals surface area contributed by atoms with E-state index in [2.05, 4.69) is 23.1 Å². The molecule has 0 fully saturated rings. The van der Waals surface area contributed by atoms with Crippen molar-refractivity contribution in [1.82, 2.24) is 10.1 Å². The molecule has 0 N–H and O–H groups in total. The van der Waals surface area contributed by atoms with Crippen LogP contribution < -0.4 is 0 Å². The quantitative estimate of drug-likeness (QED) is 0.747. The molecule has 0 saturated carbocycles. The van der Waals surface area contributed by atoms with Crippen molar-refractivity contribution in [2.24, 2.45) is 0 Å². The molecule has 14 heavy (non-hydrogen) atoms. The summed E-state index contributed by atoms with van der Waals surface area (Å²) in [6.45, 7) is 4.11. The zero-order valence-corrected chi connectivity index (χ0v) is 8.58. The summed E-state index contributed by atoms with van der Waals surface area (Å²) in [6, 6.07) is 4.10. The lowest BCUT2D eigenvalue weighted by molar-refractivity contribution is 0.442. The van der Waals surface area contributed by atoms with Gasteiger partial charge in [-0.15, -0.1) is 0 Å². The van der Waals surface area contributed by atoms with Crippen molar-refractivity contribution >= 4 is 11.1 Å². The van der Waals surface area contributed by atoms with Crippen LogP contribution in [0.25, 0.3) is 11.1 Å². The first kappa shape index (κ1) is 9.19. The highest BCUT2D eigenvalue weighted by molar-refractivity contribution is 5.75. The number of pyridine rings is 1. The van der Waals surface area contributed by atoms with Crippen molar-refractivity contribution in [3.05, 3.63) is 23.5 Å². The Morgan fingerprint density at radius 1 is 1.36 bits per heavy atom. The highest BCUT2D eigenvalue weighted by atomic mass is 16.5. The minimum Gasteiger partial charge on any atom is -0.336 e. The van der Waals surface area contributed by atoms with Crippen LogP contribution in [0, 0.1) is 6.92 Å². The van der Waals surface area contributed by atoms with Gasteiger partial charge in [0.15, 0.2) is 0 Å². The number of hydrogen-bond acceptors (Lipinski definition) is 3. The molecular formula is C11H14N2O. The summed E-state index contributed by atoms with van der Waals surface area (Å²) in [5.74, 6) is 0. The van der Waals surface area contributed by atoms with E-state index in [4.69, 9.17) is 4.52 Å². The van der Waals surface area contributed by atoms with Crippen molar-refractivity contribution in [1.29, 1.82) is 0 Å². The molecule has 0 bridgehead atoms. The van der Waals surface area contributed by atoms with Crippen LogP contribution >= 0.6 is 0 Å². The Morgan fingerprint density at radius 3 is 3.00 bits per heavy atom. The summed E-state index contributed by atoms with van der Waals surface area (Å²) in [7, 11) is 0. The molecule has 3 heteroatoms. The second-order valence-electron chi connectivity index (χ2n) is 3.53. The van der Waals surface area contributed by atoms with E-state index in [1.165, 1.54) is 12.8 Å². The van der Waals surface area contributed by atoms with E-state index in [1.807, 2.05) is 13.0 Å². The molecule has 74 valence electrons. The summed E-state index contributed by atoms with van der Waals surface area (Å²) in [6.07, 6.45) is 3.38. The van der Waals surface area contributed by atoms with Crippen molar-refractivity contribution in [3.63, 3.8) is 0 Å². The minimum absolute atomic E-state index is 0.663. The van der Waals surface area contributed by atoms with Crippen LogP contribution in [0.5, 0.6) is 0 Å². The van der Waals surface area contributed by atoms with E-state index in [9.17, 15) is 0 Å². The largest absolute Gasteiger partial charge is 0.336 e. The number of rotatable bonds is 3. The van der Waals surface area contributed by atoms with Gasteiger partial charge in [-0.3, -0.25) is 0 Å². The molecule has 0 unspecified atom stereocenters. The molecule has 2 aromatic heterocycles. The zero-order valence-electron chi connectivity index (χ0n) is 8.58. The zero-order chi connectivity index (χ0) is 9.97. The standard InChI is InChI=1S/C11H14N2O/c1-3-4-5-9-6-7-10-8(2)13-14-11(10)12-9/h6-7H,3-5H2,1-2H3. The predicted octanol–water partition coefficient (Wildman–Crippen LogP) is 2.87. The van der Waals surface area contributed by atoms with Gasteiger partial charge >= 0.3 is 0 Å². The molecular weight excluding hydrogens is 176 g/mol. The SMILES string of the molecule is CCCCc1ccc2c(C)noc2n1. The molecule has 0 aliphatic carbocycles. The van der Waals surface area contributed by atoms with Gasteiger partial charge in [0, 0.05) is 5.69 Å². The molecule has 0 saturated heterocycles. The third kappa shape index (κ3) is 1.62. The lowest BCUT2D eigenvalue weighted by Crippen LogP contribution is -1.89. The number of unbranched alkanes of at least 4 members (excludes halogenated alkanes) is 1. The summed E-state index contributed by atoms with van der Waals surface area (Å²) in [5, 5.41) is 4.90. The van der Waals surface area contributed by atoms with Gasteiger partial charge in [-0.2, -0.15) is 0 Å². The molecule has 0 spiro atoms. The Hall–Kier alpha value is -1.38. The van der Waals surface area contributed by atoms with Gasteiger partial charge in [-0.1, -0.05) is 18.5 Å². The number of nitrogens with zero attached hydrogens (tertiary/aromatic N) is 2. The van der Waals surface area contributed by atoms with E-state index in [0.29, 0.717) is 5.71 Å². The summed E-state index contributed by atoms with van der Waals surface area (Å²) >= 11 is 0. The van der Waals surface area contributed by atoms with Gasteiger partial charge in [0.05, 0.1) is 11.1 Å². The summed E-state index contributed by atoms with van der Waals surface area (Å²) in [4.78, 5) is 4.40. The molecule has 2 heterocycles. The first-order valence-electron chi connectivity index (χ1n) is 5.03. The molecule has 3 nitrogen and oxygen atoms in total. The molecule has 2 rings (SSSR count). The van der Waals surface area contributed by atoms with Crippen LogP contribution in [0.15, 0.2) is 16.7 Å². The van der Waals surface area contributed by atoms with Gasteiger partial charge < -0.3 is 4.52 Å². The van der Waals surface area contributed by atoms with Crippen molar-refractivity contribution in [3.8, 4) is 0 Å². The van der Waals surface area contributed by atoms with Gasteiger partial charge in [-0.05, 0) is 31.9 Å². The second kappa shape index (κ2) is 3.78. The van der Waals surface area contributed by atoms with Crippen molar-refractivity contribution in [2.75, 3.05) is 0 Å². The van der Waals surface area contributed by atoms with Crippen LogP contribution in [-0.4, -0.2) is 10.1 Å². The molecule has 0 aliphatic rings. The molecule has 0 aromatic carbocycles. The fraction of sp³-hybridized carbons (Fsp3) is 0.455. The van der Waals surface area contributed by atoms with Gasteiger partial charge in [-0.25, -0.2) is 4.98 Å². The highest BCUT2D eigenvalue weighted by Gasteiger charge is 2.05. The Morgan fingerprint density at radius 2 is 2.21 bits per heavy atom. The maximum absolute atomic E-state index is 5.11. The van der Waals surface area contributed by atoms with Crippen LogP contribution in [0.3, 0.4) is 0 Å². The Bertz CT molecular complexity index is 434. The maximum atomic E-state index is 5.11. The van der Waals surface area contributed by atoms with Crippen LogP contribution in [0.4, 0.5) is 0 Å². The first-order chi connectivity index (χ1) is 6.81. The molecule has 0 atom stereocenters. The average Bonchev–Trinajstić information content (AvgIpc) is 2.57. The van der Waals surface area contributed by atoms with E-state index < -0.39 is 0 Å². The lowest BCUT2D eigenvalue weighted by Gasteiger charge is -1.97. The average molecular weight is 190 g/mol. The second-order valence-corrected chi connectivity index (χ2v) is 3.53. The normalized spacial score (nSPS) is 11.0. The monoisotopic (exact) mass is 190 g/mol. The number of fused-ring (bicyclic) bond motifs is 1. The molecule has 0 amide bonds. The van der Waals surface area contributed by atoms with Crippen LogP contribution in [0.1, 0.15) is 31.2 Å². The first-order valence-corrected chi connectivity index (χ1v) is 5.03. The Kier molecular flexibility index (Phi) is 2.48. The van der Waals surface area contributed by atoms with Crippen molar-refractivity contribution in [2.45, 2.75) is 33.1 Å². The highest BCUT2D eigenvalue weighted by Crippen LogP contribution is 2.16. The smallest absolute Gasteiger partial charge is 0.258 e. The fourth-order valence-corrected chi connectivity index (χ4v) is 1.48. The predicted molar refractivity (Wildman–Crippen MR) is 55.2 cm³/mol. The third-order valence-corrected chi connectivity index (χ3v) is 2.36. The Balaban J connectivity index is 2.32. The number of aryl methyl sites for hydroxylation is 2. The van der Waals surface area contributed by atoms with Crippen LogP contribution in [0.2, 0.25) is 0 Å². The Labute approximate surface area is 83.1 Å². The van der Waals surface area contributed by atoms with Gasteiger partial charge in [0.25, 0.3) is 5.71 Å². The van der Waals surface area contributed by atoms with Crippen molar-refractivity contribution < 1.29 is 4.52 Å². The topological polar surface area (TPSA) is 38.9 Å². The van der Waals surface area contributed by atoms with E-state index in [1.54, 1.807) is 0 Å². The lowest BCUT2D eigenvalue weighted by atomic mass is 10.1. The summed E-state index contributed by atoms with van der Waals surface area (Å²) in [5.41, 5.74) is 2.67. The number of hydrogen-bond donors (Lipinski definition) is 0. The molecule has 2 aromatic rings. The maximum Gasteiger partial charge on any atom is 0.258 e. The van der Waals surface area contributed by atoms with Gasteiger partial charge in [0.2, 0.25) is 0 Å². The van der Waals surface area contributed by atoms with Crippen LogP contribution in [-0.2, 0) is 6.42 Å². The number of aromatic nitrogens is 2.